The van der Waals surface area contributed by atoms with Gasteiger partial charge >= 0.3 is 0 Å². The average molecular weight is 411 g/mol. The minimum Gasteiger partial charge on any atom is -0.352 e. The van der Waals surface area contributed by atoms with Crippen molar-refractivity contribution >= 4 is 34.4 Å². The zero-order valence-electron chi connectivity index (χ0n) is 16.4. The monoisotopic (exact) mass is 410 g/mol. The Morgan fingerprint density at radius 2 is 1.86 bits per heavy atom. The summed E-state index contributed by atoms with van der Waals surface area (Å²) >= 11 is 6.38. The molecule has 1 aliphatic carbocycles. The van der Waals surface area contributed by atoms with E-state index in [1.807, 2.05) is 36.1 Å². The number of para-hydroxylation sites is 1. The molecule has 1 saturated heterocycles. The highest BCUT2D eigenvalue weighted by Gasteiger charge is 2.32. The van der Waals surface area contributed by atoms with Crippen molar-refractivity contribution in [2.45, 2.75) is 26.2 Å². The van der Waals surface area contributed by atoms with Gasteiger partial charge in [0.2, 0.25) is 5.91 Å². The van der Waals surface area contributed by atoms with Crippen molar-refractivity contribution in [3.8, 4) is 5.69 Å². The SMILES string of the molecule is Cc1nc(N2CCN(C(=O)C3CCC3)CC2)c2cnn(-c3ccccc3Cl)c2n1. The Morgan fingerprint density at radius 3 is 2.55 bits per heavy atom. The Kier molecular flexibility index (Phi) is 4.62. The first-order valence-corrected chi connectivity index (χ1v) is 10.5. The Morgan fingerprint density at radius 1 is 1.10 bits per heavy atom. The normalized spacial score (nSPS) is 17.6. The van der Waals surface area contributed by atoms with Crippen LogP contribution in [-0.4, -0.2) is 56.7 Å². The van der Waals surface area contributed by atoms with E-state index in [2.05, 4.69) is 15.0 Å². The predicted molar refractivity (Wildman–Crippen MR) is 113 cm³/mol. The first-order chi connectivity index (χ1) is 14.1. The number of rotatable bonds is 3. The molecule has 3 heterocycles. The summed E-state index contributed by atoms with van der Waals surface area (Å²) in [6, 6.07) is 7.60. The van der Waals surface area contributed by atoms with Gasteiger partial charge in [-0.15, -0.1) is 0 Å². The number of amides is 1. The van der Waals surface area contributed by atoms with E-state index in [1.165, 1.54) is 6.42 Å². The topological polar surface area (TPSA) is 67.2 Å². The second-order valence-corrected chi connectivity index (χ2v) is 8.19. The highest BCUT2D eigenvalue weighted by atomic mass is 35.5. The summed E-state index contributed by atoms with van der Waals surface area (Å²) in [5, 5.41) is 6.07. The molecule has 0 unspecified atom stereocenters. The summed E-state index contributed by atoms with van der Waals surface area (Å²) in [4.78, 5) is 26.1. The molecule has 0 spiro atoms. The molecule has 1 aromatic carbocycles. The van der Waals surface area contributed by atoms with Gasteiger partial charge in [-0.2, -0.15) is 5.10 Å². The van der Waals surface area contributed by atoms with Crippen LogP contribution in [0.1, 0.15) is 25.1 Å². The number of aromatic nitrogens is 4. The Hall–Kier alpha value is -2.67. The molecule has 2 aromatic heterocycles. The van der Waals surface area contributed by atoms with Gasteiger partial charge in [-0.05, 0) is 31.9 Å². The van der Waals surface area contributed by atoms with Crippen LogP contribution in [0, 0.1) is 12.8 Å². The van der Waals surface area contributed by atoms with Crippen LogP contribution in [-0.2, 0) is 4.79 Å². The zero-order chi connectivity index (χ0) is 20.0. The van der Waals surface area contributed by atoms with E-state index in [4.69, 9.17) is 16.6 Å². The summed E-state index contributed by atoms with van der Waals surface area (Å²) in [5.74, 6) is 2.14. The van der Waals surface area contributed by atoms with Crippen molar-refractivity contribution in [2.75, 3.05) is 31.1 Å². The lowest BCUT2D eigenvalue weighted by atomic mass is 9.84. The van der Waals surface area contributed by atoms with Gasteiger partial charge in [-0.3, -0.25) is 4.79 Å². The molecule has 0 N–H and O–H groups in total. The summed E-state index contributed by atoms with van der Waals surface area (Å²) in [7, 11) is 0. The van der Waals surface area contributed by atoms with Crippen LogP contribution >= 0.6 is 11.6 Å². The molecule has 8 heteroatoms. The van der Waals surface area contributed by atoms with Crippen LogP contribution in [0.3, 0.4) is 0 Å². The number of piperazine rings is 1. The molecule has 1 saturated carbocycles. The lowest BCUT2D eigenvalue weighted by molar-refractivity contribution is -0.138. The highest BCUT2D eigenvalue weighted by molar-refractivity contribution is 6.32. The van der Waals surface area contributed by atoms with E-state index in [0.717, 1.165) is 61.6 Å². The van der Waals surface area contributed by atoms with Crippen molar-refractivity contribution in [3.05, 3.63) is 41.3 Å². The molecule has 0 radical (unpaired) electrons. The summed E-state index contributed by atoms with van der Waals surface area (Å²) < 4.78 is 1.77. The van der Waals surface area contributed by atoms with Gasteiger partial charge in [-0.1, -0.05) is 30.2 Å². The lowest BCUT2D eigenvalue weighted by Gasteiger charge is -2.38. The fraction of sp³-hybridized carbons (Fsp3) is 0.429. The molecule has 29 heavy (non-hydrogen) atoms. The molecule has 7 nitrogen and oxygen atoms in total. The third-order valence-electron chi connectivity index (χ3n) is 5.95. The maximum absolute atomic E-state index is 12.5. The van der Waals surface area contributed by atoms with Gasteiger partial charge in [0.25, 0.3) is 0 Å². The standard InChI is InChI=1S/C21H23ClN6O/c1-14-24-19(26-9-11-27(12-10-26)21(29)15-5-4-6-15)16-13-23-28(20(16)25-14)18-8-3-2-7-17(18)22/h2-3,7-8,13,15H,4-6,9-12H2,1H3. The van der Waals surface area contributed by atoms with Crippen molar-refractivity contribution in [1.82, 2.24) is 24.6 Å². The third-order valence-corrected chi connectivity index (χ3v) is 6.27. The molecule has 0 bridgehead atoms. The lowest BCUT2D eigenvalue weighted by Crippen LogP contribution is -2.51. The van der Waals surface area contributed by atoms with Crippen LogP contribution in [0.25, 0.3) is 16.7 Å². The van der Waals surface area contributed by atoms with Crippen LogP contribution in [0.15, 0.2) is 30.5 Å². The molecule has 1 amide bonds. The van der Waals surface area contributed by atoms with E-state index >= 15 is 0 Å². The fourth-order valence-electron chi connectivity index (χ4n) is 4.09. The van der Waals surface area contributed by atoms with Crippen LogP contribution < -0.4 is 4.90 Å². The number of hydrogen-bond donors (Lipinski definition) is 0. The molecular formula is C21H23ClN6O. The average Bonchev–Trinajstić information content (AvgIpc) is 3.10. The first kappa shape index (κ1) is 18.4. The Balaban J connectivity index is 1.44. The number of carbonyl (C=O) groups excluding carboxylic acids is 1. The van der Waals surface area contributed by atoms with Gasteiger partial charge in [0.15, 0.2) is 5.65 Å². The number of carbonyl (C=O) groups is 1. The molecule has 1 aliphatic heterocycles. The maximum Gasteiger partial charge on any atom is 0.225 e. The first-order valence-electron chi connectivity index (χ1n) is 10.1. The van der Waals surface area contributed by atoms with Crippen molar-refractivity contribution in [3.63, 3.8) is 0 Å². The number of anilines is 1. The van der Waals surface area contributed by atoms with E-state index in [1.54, 1.807) is 10.9 Å². The maximum atomic E-state index is 12.5. The van der Waals surface area contributed by atoms with E-state index in [0.29, 0.717) is 16.8 Å². The van der Waals surface area contributed by atoms with E-state index < -0.39 is 0 Å². The Bertz CT molecular complexity index is 1070. The molecule has 3 aromatic rings. The number of halogens is 1. The van der Waals surface area contributed by atoms with Gasteiger partial charge in [0, 0.05) is 32.1 Å². The second kappa shape index (κ2) is 7.30. The molecule has 5 rings (SSSR count). The molecule has 0 atom stereocenters. The van der Waals surface area contributed by atoms with Crippen LogP contribution in [0.2, 0.25) is 5.02 Å². The van der Waals surface area contributed by atoms with Crippen molar-refractivity contribution in [2.24, 2.45) is 5.92 Å². The van der Waals surface area contributed by atoms with Crippen LogP contribution in [0.4, 0.5) is 5.82 Å². The number of nitrogens with zero attached hydrogens (tertiary/aromatic N) is 6. The van der Waals surface area contributed by atoms with E-state index in [-0.39, 0.29) is 5.92 Å². The smallest absolute Gasteiger partial charge is 0.225 e. The van der Waals surface area contributed by atoms with Gasteiger partial charge in [0.1, 0.15) is 11.6 Å². The fourth-order valence-corrected chi connectivity index (χ4v) is 4.31. The van der Waals surface area contributed by atoms with Crippen molar-refractivity contribution < 1.29 is 4.79 Å². The molecule has 2 aliphatic rings. The molecule has 150 valence electrons. The van der Waals surface area contributed by atoms with Crippen molar-refractivity contribution in [1.29, 1.82) is 0 Å². The van der Waals surface area contributed by atoms with Crippen LogP contribution in [0.5, 0.6) is 0 Å². The minimum absolute atomic E-state index is 0.253. The Labute approximate surface area is 174 Å². The number of aryl methyl sites for hydroxylation is 1. The summed E-state index contributed by atoms with van der Waals surface area (Å²) in [6.07, 6.45) is 5.08. The van der Waals surface area contributed by atoms with Gasteiger partial charge < -0.3 is 9.80 Å². The quantitative estimate of drug-likeness (QED) is 0.663. The van der Waals surface area contributed by atoms with E-state index in [9.17, 15) is 4.79 Å². The number of hydrogen-bond acceptors (Lipinski definition) is 5. The minimum atomic E-state index is 0.253. The van der Waals surface area contributed by atoms with Gasteiger partial charge in [0.05, 0.1) is 22.3 Å². The molecular weight excluding hydrogens is 388 g/mol. The zero-order valence-corrected chi connectivity index (χ0v) is 17.1. The number of fused-ring (bicyclic) bond motifs is 1. The predicted octanol–water partition coefficient (Wildman–Crippen LogP) is 3.23. The summed E-state index contributed by atoms with van der Waals surface area (Å²) in [5.41, 5.74) is 1.54. The second-order valence-electron chi connectivity index (χ2n) is 7.78. The highest BCUT2D eigenvalue weighted by Crippen LogP contribution is 2.31. The largest absolute Gasteiger partial charge is 0.352 e. The third kappa shape index (κ3) is 3.23. The number of benzene rings is 1. The van der Waals surface area contributed by atoms with Gasteiger partial charge in [-0.25, -0.2) is 14.6 Å². The molecule has 2 fully saturated rings. The summed E-state index contributed by atoms with van der Waals surface area (Å²) in [6.45, 7) is 4.89.